The summed E-state index contributed by atoms with van der Waals surface area (Å²) in [5.74, 6) is 1.96. The molecule has 0 spiro atoms. The molecule has 1 aliphatic heterocycles. The molecule has 0 amide bonds. The van der Waals surface area contributed by atoms with Gasteiger partial charge in [0, 0.05) is 50.3 Å². The van der Waals surface area contributed by atoms with Crippen LogP contribution in [0.15, 0.2) is 34.9 Å². The van der Waals surface area contributed by atoms with Crippen LogP contribution in [0, 0.1) is 6.92 Å². The van der Waals surface area contributed by atoms with Gasteiger partial charge in [-0.3, -0.25) is 0 Å². The molecule has 34 heavy (non-hydrogen) atoms. The van der Waals surface area contributed by atoms with Gasteiger partial charge in [0.05, 0.1) is 17.4 Å². The van der Waals surface area contributed by atoms with Crippen molar-refractivity contribution in [2.75, 3.05) is 31.9 Å². The largest absolute Gasteiger partial charge is 0.467 e. The van der Waals surface area contributed by atoms with E-state index in [0.717, 1.165) is 53.3 Å². The van der Waals surface area contributed by atoms with Crippen molar-refractivity contribution in [3.05, 3.63) is 36.4 Å². The molecule has 0 aliphatic carbocycles. The van der Waals surface area contributed by atoms with Gasteiger partial charge >= 0.3 is 0 Å². The quantitative estimate of drug-likeness (QED) is 0.425. The Balaban J connectivity index is 1.44. The van der Waals surface area contributed by atoms with Crippen molar-refractivity contribution < 1.29 is 13.9 Å². The molecule has 1 unspecified atom stereocenters. The first-order chi connectivity index (χ1) is 16.3. The minimum Gasteiger partial charge on any atom is -0.467 e. The highest BCUT2D eigenvalue weighted by Gasteiger charge is 2.27. The number of ether oxygens (including phenoxy) is 2. The number of pyridine rings is 1. The van der Waals surface area contributed by atoms with E-state index in [9.17, 15) is 0 Å². The van der Waals surface area contributed by atoms with E-state index in [2.05, 4.69) is 41.0 Å². The van der Waals surface area contributed by atoms with Crippen LogP contribution < -0.4 is 15.0 Å². The van der Waals surface area contributed by atoms with Crippen LogP contribution in [0.1, 0.15) is 33.1 Å². The molecule has 5 rings (SSSR count). The van der Waals surface area contributed by atoms with Gasteiger partial charge < -0.3 is 24.1 Å². The van der Waals surface area contributed by atoms with Gasteiger partial charge in [0.25, 0.3) is 0 Å². The van der Waals surface area contributed by atoms with E-state index in [1.54, 1.807) is 13.3 Å². The number of fused-ring (bicyclic) bond motifs is 2. The van der Waals surface area contributed by atoms with Crippen molar-refractivity contribution in [2.24, 2.45) is 0 Å². The van der Waals surface area contributed by atoms with Gasteiger partial charge in [-0.1, -0.05) is 0 Å². The number of anilines is 1. The maximum Gasteiger partial charge on any atom is 0.226 e. The summed E-state index contributed by atoms with van der Waals surface area (Å²) in [6.45, 7) is 10.3. The highest BCUT2D eigenvalue weighted by Crippen LogP contribution is 2.34. The van der Waals surface area contributed by atoms with Gasteiger partial charge in [0.2, 0.25) is 5.95 Å². The third-order valence-electron chi connectivity index (χ3n) is 5.74. The predicted molar refractivity (Wildman–Crippen MR) is 131 cm³/mol. The molecular weight excluding hydrogens is 432 g/mol. The summed E-state index contributed by atoms with van der Waals surface area (Å²) >= 11 is 0. The molecule has 1 N–H and O–H groups in total. The zero-order valence-electron chi connectivity index (χ0n) is 20.3. The number of nitrogens with one attached hydrogen (secondary N) is 1. The Morgan fingerprint density at radius 3 is 2.76 bits per heavy atom. The summed E-state index contributed by atoms with van der Waals surface area (Å²) in [7, 11) is 1.59. The predicted octanol–water partition coefficient (Wildman–Crippen LogP) is 4.09. The molecule has 1 aromatic carbocycles. The minimum atomic E-state index is 0.0878. The van der Waals surface area contributed by atoms with E-state index in [4.69, 9.17) is 23.9 Å². The Kier molecular flexibility index (Phi) is 5.83. The molecular formula is C25H30N6O3. The van der Waals surface area contributed by atoms with Gasteiger partial charge in [0.15, 0.2) is 18.3 Å². The number of benzene rings is 1. The third-order valence-corrected chi connectivity index (χ3v) is 5.74. The SMILES string of the molecule is COCOc1cc2nc(C)oc2cc1-c1ccc2nc(N3CCC(NC(C)(C)C)C3)ncc2n1. The molecule has 0 radical (unpaired) electrons. The lowest BCUT2D eigenvalue weighted by atomic mass is 10.1. The second-order valence-corrected chi connectivity index (χ2v) is 9.70. The number of rotatable bonds is 6. The number of oxazole rings is 1. The van der Waals surface area contributed by atoms with E-state index in [1.165, 1.54) is 0 Å². The van der Waals surface area contributed by atoms with E-state index < -0.39 is 0 Å². The van der Waals surface area contributed by atoms with Gasteiger partial charge in [-0.15, -0.1) is 0 Å². The van der Waals surface area contributed by atoms with Crippen LogP contribution in [0.3, 0.4) is 0 Å². The topological polar surface area (TPSA) is 98.4 Å². The summed E-state index contributed by atoms with van der Waals surface area (Å²) in [5, 5.41) is 3.67. The molecule has 9 nitrogen and oxygen atoms in total. The number of hydrogen-bond acceptors (Lipinski definition) is 9. The van der Waals surface area contributed by atoms with Crippen LogP contribution in [0.4, 0.5) is 5.95 Å². The fourth-order valence-electron chi connectivity index (χ4n) is 4.40. The average molecular weight is 463 g/mol. The Hall–Kier alpha value is -3.30. The molecule has 1 aliphatic rings. The van der Waals surface area contributed by atoms with Gasteiger partial charge in [0.1, 0.15) is 16.8 Å². The molecule has 1 saturated heterocycles. The van der Waals surface area contributed by atoms with Gasteiger partial charge in [-0.05, 0) is 45.4 Å². The van der Waals surface area contributed by atoms with Crippen molar-refractivity contribution in [2.45, 2.75) is 45.7 Å². The highest BCUT2D eigenvalue weighted by atomic mass is 16.7. The van der Waals surface area contributed by atoms with Crippen molar-refractivity contribution in [1.29, 1.82) is 0 Å². The van der Waals surface area contributed by atoms with Crippen LogP contribution >= 0.6 is 0 Å². The molecule has 0 saturated carbocycles. The van der Waals surface area contributed by atoms with Crippen LogP contribution in [0.5, 0.6) is 5.75 Å². The zero-order valence-corrected chi connectivity index (χ0v) is 20.3. The maximum atomic E-state index is 5.81. The maximum absolute atomic E-state index is 5.81. The molecule has 9 heteroatoms. The Morgan fingerprint density at radius 2 is 1.97 bits per heavy atom. The summed E-state index contributed by atoms with van der Waals surface area (Å²) in [5.41, 5.74) is 4.55. The molecule has 3 aromatic heterocycles. The van der Waals surface area contributed by atoms with Crippen molar-refractivity contribution >= 4 is 28.1 Å². The number of nitrogens with zero attached hydrogens (tertiary/aromatic N) is 5. The lowest BCUT2D eigenvalue weighted by Gasteiger charge is -2.26. The van der Waals surface area contributed by atoms with Crippen LogP contribution in [-0.4, -0.2) is 58.5 Å². The van der Waals surface area contributed by atoms with Gasteiger partial charge in [-0.2, -0.15) is 0 Å². The number of methoxy groups -OCH3 is 1. The van der Waals surface area contributed by atoms with Crippen LogP contribution in [0.25, 0.3) is 33.4 Å². The van der Waals surface area contributed by atoms with Crippen molar-refractivity contribution in [3.63, 3.8) is 0 Å². The first-order valence-corrected chi connectivity index (χ1v) is 11.5. The molecule has 1 fully saturated rings. The smallest absolute Gasteiger partial charge is 0.226 e. The standard InChI is InChI=1S/C25H30N6O3/c1-15-27-20-11-22(33-14-32-5)17(10-23(20)34-15)18-6-7-19-21(28-18)12-26-24(29-19)31-9-8-16(13-31)30-25(2,3)4/h6-7,10-12,16,30H,8-9,13-14H2,1-5H3. The highest BCUT2D eigenvalue weighted by molar-refractivity contribution is 5.86. The summed E-state index contributed by atoms with van der Waals surface area (Å²) in [6, 6.07) is 8.09. The molecule has 1 atom stereocenters. The Bertz CT molecular complexity index is 1330. The number of hydrogen-bond donors (Lipinski definition) is 1. The minimum absolute atomic E-state index is 0.0878. The van der Waals surface area contributed by atoms with E-state index in [0.29, 0.717) is 23.3 Å². The van der Waals surface area contributed by atoms with Gasteiger partial charge in [-0.25, -0.2) is 19.9 Å². The van der Waals surface area contributed by atoms with Crippen molar-refractivity contribution in [3.8, 4) is 17.0 Å². The fourth-order valence-corrected chi connectivity index (χ4v) is 4.40. The second kappa shape index (κ2) is 8.81. The summed E-state index contributed by atoms with van der Waals surface area (Å²) in [4.78, 5) is 20.9. The first kappa shape index (κ1) is 22.5. The monoisotopic (exact) mass is 462 g/mol. The Morgan fingerprint density at radius 1 is 1.12 bits per heavy atom. The van der Waals surface area contributed by atoms with E-state index in [-0.39, 0.29) is 12.3 Å². The molecule has 4 aromatic rings. The first-order valence-electron chi connectivity index (χ1n) is 11.5. The summed E-state index contributed by atoms with van der Waals surface area (Å²) < 4.78 is 16.6. The normalized spacial score (nSPS) is 16.6. The van der Waals surface area contributed by atoms with E-state index >= 15 is 0 Å². The second-order valence-electron chi connectivity index (χ2n) is 9.70. The van der Waals surface area contributed by atoms with Crippen molar-refractivity contribution in [1.82, 2.24) is 25.3 Å². The third kappa shape index (κ3) is 4.67. The fraction of sp³-hybridized carbons (Fsp3) is 0.440. The number of aryl methyl sites for hydroxylation is 1. The molecule has 0 bridgehead atoms. The lowest BCUT2D eigenvalue weighted by Crippen LogP contribution is -2.45. The zero-order chi connectivity index (χ0) is 23.9. The molecule has 4 heterocycles. The summed E-state index contributed by atoms with van der Waals surface area (Å²) in [6.07, 6.45) is 2.86. The van der Waals surface area contributed by atoms with Crippen LogP contribution in [-0.2, 0) is 4.74 Å². The van der Waals surface area contributed by atoms with Crippen LogP contribution in [0.2, 0.25) is 0 Å². The molecule has 178 valence electrons. The number of aromatic nitrogens is 4. The average Bonchev–Trinajstić information content (AvgIpc) is 3.40. The Labute approximate surface area is 198 Å². The van der Waals surface area contributed by atoms with E-state index in [1.807, 2.05) is 31.2 Å². The lowest BCUT2D eigenvalue weighted by molar-refractivity contribution is 0.0516.